The van der Waals surface area contributed by atoms with Crippen LogP contribution in [-0.2, 0) is 6.54 Å². The number of rotatable bonds is 9. The van der Waals surface area contributed by atoms with Crippen LogP contribution in [0.4, 0.5) is 4.39 Å². The fraction of sp³-hybridized carbons (Fsp3) is 0.696. The van der Waals surface area contributed by atoms with Gasteiger partial charge in [0.15, 0.2) is 0 Å². The molecule has 0 aromatic heterocycles. The first-order valence-corrected chi connectivity index (χ1v) is 10.6. The van der Waals surface area contributed by atoms with E-state index >= 15 is 0 Å². The lowest BCUT2D eigenvalue weighted by molar-refractivity contribution is -0.546. The van der Waals surface area contributed by atoms with Crippen LogP contribution in [0.5, 0.6) is 0 Å². The van der Waals surface area contributed by atoms with Crippen LogP contribution >= 0.6 is 11.6 Å². The third-order valence-electron chi connectivity index (χ3n) is 5.62. The first kappa shape index (κ1) is 23.9. The van der Waals surface area contributed by atoms with Gasteiger partial charge in [-0.2, -0.15) is 0 Å². The van der Waals surface area contributed by atoms with Crippen molar-refractivity contribution in [3.63, 3.8) is 0 Å². The van der Waals surface area contributed by atoms with E-state index in [0.717, 1.165) is 19.6 Å². The third kappa shape index (κ3) is 7.10. The van der Waals surface area contributed by atoms with Gasteiger partial charge in [0.2, 0.25) is 5.84 Å². The van der Waals surface area contributed by atoms with Gasteiger partial charge in [-0.15, -0.1) is 0 Å². The first-order chi connectivity index (χ1) is 12.5. The summed E-state index contributed by atoms with van der Waals surface area (Å²) in [5.41, 5.74) is 1.11. The molecule has 1 aromatic carbocycles. The highest BCUT2D eigenvalue weighted by Gasteiger charge is 2.32. The number of benzene rings is 1. The Kier molecular flexibility index (Phi) is 8.79. The highest BCUT2D eigenvalue weighted by molar-refractivity contribution is 6.31. The van der Waals surface area contributed by atoms with Crippen molar-refractivity contribution in [2.45, 2.75) is 74.8 Å². The number of nitrogens with zero attached hydrogens (tertiary/aromatic N) is 2. The average molecular weight is 398 g/mol. The van der Waals surface area contributed by atoms with Crippen molar-refractivity contribution < 1.29 is 8.97 Å². The highest BCUT2D eigenvalue weighted by atomic mass is 35.5. The van der Waals surface area contributed by atoms with E-state index in [1.54, 1.807) is 12.1 Å². The summed E-state index contributed by atoms with van der Waals surface area (Å²) in [5, 5.41) is 0.495. The Morgan fingerprint density at radius 1 is 1.11 bits per heavy atom. The van der Waals surface area contributed by atoms with Crippen molar-refractivity contribution in [1.82, 2.24) is 4.90 Å². The van der Waals surface area contributed by atoms with E-state index in [2.05, 4.69) is 64.9 Å². The molecule has 0 aliphatic rings. The van der Waals surface area contributed by atoms with Gasteiger partial charge < -0.3 is 0 Å². The summed E-state index contributed by atoms with van der Waals surface area (Å²) in [4.78, 5) is 2.42. The normalized spacial score (nSPS) is 13.6. The molecule has 154 valence electrons. The molecule has 1 rings (SSSR count). The van der Waals surface area contributed by atoms with Crippen LogP contribution in [0.3, 0.4) is 0 Å². The maximum absolute atomic E-state index is 14.3. The molecular formula is C23H39ClFN2+. The summed E-state index contributed by atoms with van der Waals surface area (Å²) in [6, 6.07) is 4.90. The zero-order chi connectivity index (χ0) is 20.8. The van der Waals surface area contributed by atoms with Crippen molar-refractivity contribution in [3.05, 3.63) is 34.6 Å². The molecule has 2 nitrogen and oxygen atoms in total. The van der Waals surface area contributed by atoms with Crippen LogP contribution in [-0.4, -0.2) is 34.9 Å². The fourth-order valence-corrected chi connectivity index (χ4v) is 4.20. The molecule has 0 amide bonds. The third-order valence-corrected chi connectivity index (χ3v) is 5.98. The minimum atomic E-state index is -0.234. The lowest BCUT2D eigenvalue weighted by Crippen LogP contribution is -2.43. The molecule has 0 saturated heterocycles. The van der Waals surface area contributed by atoms with Crippen molar-refractivity contribution in [2.75, 3.05) is 19.6 Å². The van der Waals surface area contributed by atoms with Gasteiger partial charge in [-0.05, 0) is 37.8 Å². The molecule has 0 radical (unpaired) electrons. The van der Waals surface area contributed by atoms with Crippen molar-refractivity contribution in [1.29, 1.82) is 0 Å². The van der Waals surface area contributed by atoms with Crippen molar-refractivity contribution in [3.8, 4) is 0 Å². The Morgan fingerprint density at radius 2 is 1.74 bits per heavy atom. The maximum Gasteiger partial charge on any atom is 0.243 e. The van der Waals surface area contributed by atoms with Gasteiger partial charge in [-0.3, -0.25) is 9.48 Å². The molecule has 0 fully saturated rings. The molecular weight excluding hydrogens is 359 g/mol. The molecule has 0 saturated carbocycles. The Bertz CT molecular complexity index is 630. The van der Waals surface area contributed by atoms with E-state index < -0.39 is 0 Å². The van der Waals surface area contributed by atoms with Gasteiger partial charge in [-0.25, -0.2) is 4.39 Å². The van der Waals surface area contributed by atoms with Crippen molar-refractivity contribution >= 4 is 17.4 Å². The summed E-state index contributed by atoms with van der Waals surface area (Å²) in [6.45, 7) is 21.3. The van der Waals surface area contributed by atoms with Crippen LogP contribution in [0.25, 0.3) is 0 Å². The SMILES string of the molecule is CCN(CC(C)(C)CC(C)(C)CC)/C(C)=[N+](\CC)Cc1c(F)cccc1Cl. The van der Waals surface area contributed by atoms with Gasteiger partial charge in [0, 0.05) is 17.9 Å². The summed E-state index contributed by atoms with van der Waals surface area (Å²) >= 11 is 6.25. The highest BCUT2D eigenvalue weighted by Crippen LogP contribution is 2.36. The monoisotopic (exact) mass is 397 g/mol. The number of amidine groups is 1. The van der Waals surface area contributed by atoms with Gasteiger partial charge >= 0.3 is 0 Å². The second-order valence-electron chi connectivity index (χ2n) is 9.13. The fourth-order valence-electron chi connectivity index (χ4n) is 3.98. The Morgan fingerprint density at radius 3 is 2.22 bits per heavy atom. The quantitative estimate of drug-likeness (QED) is 0.258. The summed E-state index contributed by atoms with van der Waals surface area (Å²) in [7, 11) is 0. The second kappa shape index (κ2) is 9.91. The topological polar surface area (TPSA) is 6.25 Å². The molecule has 0 bridgehead atoms. The molecule has 0 spiro atoms. The molecule has 4 heteroatoms. The molecule has 27 heavy (non-hydrogen) atoms. The van der Waals surface area contributed by atoms with E-state index in [1.165, 1.54) is 24.7 Å². The van der Waals surface area contributed by atoms with E-state index in [9.17, 15) is 4.39 Å². The van der Waals surface area contributed by atoms with E-state index in [1.807, 2.05) is 0 Å². The minimum Gasteiger partial charge on any atom is -0.266 e. The first-order valence-electron chi connectivity index (χ1n) is 10.2. The Hall–Kier alpha value is -1.09. The summed E-state index contributed by atoms with van der Waals surface area (Å²) in [6.07, 6.45) is 2.35. The minimum absolute atomic E-state index is 0.200. The van der Waals surface area contributed by atoms with Crippen LogP contribution in [0.1, 0.15) is 73.8 Å². The standard InChI is InChI=1S/C23H39ClFN2/c1-9-22(5,6)16-23(7,8)17-27(11-3)18(4)26(10-2)15-19-20(24)13-12-14-21(19)25/h12-14H,9-11,15-17H2,1-8H3/q+1. The number of hydrogen-bond donors (Lipinski definition) is 0. The summed E-state index contributed by atoms with van der Waals surface area (Å²) < 4.78 is 16.5. The molecule has 1 aromatic rings. The molecule has 0 heterocycles. The van der Waals surface area contributed by atoms with E-state index in [0.29, 0.717) is 22.5 Å². The van der Waals surface area contributed by atoms with E-state index in [4.69, 9.17) is 11.6 Å². The Labute approximate surface area is 171 Å². The smallest absolute Gasteiger partial charge is 0.243 e. The van der Waals surface area contributed by atoms with Gasteiger partial charge in [0.05, 0.1) is 24.7 Å². The van der Waals surface area contributed by atoms with E-state index in [-0.39, 0.29) is 11.2 Å². The molecule has 0 aliphatic heterocycles. The zero-order valence-electron chi connectivity index (χ0n) is 18.6. The van der Waals surface area contributed by atoms with Gasteiger partial charge in [0.1, 0.15) is 12.4 Å². The molecule has 0 N–H and O–H groups in total. The Balaban J connectivity index is 3.09. The lowest BCUT2D eigenvalue weighted by Gasteiger charge is -2.36. The predicted octanol–water partition coefficient (Wildman–Crippen LogP) is 6.60. The van der Waals surface area contributed by atoms with Gasteiger partial charge in [0.25, 0.3) is 0 Å². The van der Waals surface area contributed by atoms with Crippen LogP contribution in [0.15, 0.2) is 18.2 Å². The lowest BCUT2D eigenvalue weighted by atomic mass is 9.73. The van der Waals surface area contributed by atoms with Gasteiger partial charge in [-0.1, -0.05) is 58.7 Å². The molecule has 0 aliphatic carbocycles. The van der Waals surface area contributed by atoms with Crippen LogP contribution < -0.4 is 0 Å². The average Bonchev–Trinajstić information content (AvgIpc) is 2.58. The van der Waals surface area contributed by atoms with Crippen LogP contribution in [0.2, 0.25) is 5.02 Å². The zero-order valence-corrected chi connectivity index (χ0v) is 19.4. The number of halogens is 2. The summed E-state index contributed by atoms with van der Waals surface area (Å²) in [5.74, 6) is 0.948. The predicted molar refractivity (Wildman–Crippen MR) is 116 cm³/mol. The molecule has 0 atom stereocenters. The molecule has 0 unspecified atom stereocenters. The largest absolute Gasteiger partial charge is 0.266 e. The van der Waals surface area contributed by atoms with Crippen molar-refractivity contribution in [2.24, 2.45) is 10.8 Å². The van der Waals surface area contributed by atoms with Crippen LogP contribution in [0, 0.1) is 16.6 Å². The maximum atomic E-state index is 14.3. The second-order valence-corrected chi connectivity index (χ2v) is 9.54. The number of hydrogen-bond acceptors (Lipinski definition) is 0.